The molecule has 8 heteroatoms. The number of halogens is 1. The number of aliphatic imine (C=N–C) groups is 1. The molecule has 0 spiro atoms. The second-order valence-electron chi connectivity index (χ2n) is 6.77. The third-order valence-electron chi connectivity index (χ3n) is 4.34. The molecule has 29 heavy (non-hydrogen) atoms. The largest absolute Gasteiger partial charge is 0.495 e. The highest BCUT2D eigenvalue weighted by Crippen LogP contribution is 2.27. The molecule has 154 valence electrons. The molecule has 2 aromatic carbocycles. The predicted octanol–water partition coefficient (Wildman–Crippen LogP) is 2.98. The lowest BCUT2D eigenvalue weighted by atomic mass is 10.1. The average Bonchev–Trinajstić information content (AvgIpc) is 3.51. The third-order valence-corrected chi connectivity index (χ3v) is 4.64. The van der Waals surface area contributed by atoms with Crippen molar-refractivity contribution >= 4 is 29.2 Å². The molecular weight excluding hydrogens is 392 g/mol. The van der Waals surface area contributed by atoms with Gasteiger partial charge in [0.1, 0.15) is 11.5 Å². The van der Waals surface area contributed by atoms with Crippen molar-refractivity contribution in [3.05, 3.63) is 53.1 Å². The molecule has 0 atom stereocenters. The molecule has 0 aromatic heterocycles. The molecule has 1 saturated carbocycles. The summed E-state index contributed by atoms with van der Waals surface area (Å²) in [6.07, 6.45) is 2.86. The zero-order chi connectivity index (χ0) is 20.6. The number of hydrogen-bond donors (Lipinski definition) is 3. The zero-order valence-corrected chi connectivity index (χ0v) is 17.0. The first-order valence-corrected chi connectivity index (χ1v) is 9.83. The Labute approximate surface area is 175 Å². The summed E-state index contributed by atoms with van der Waals surface area (Å²) >= 11 is 6.10. The summed E-state index contributed by atoms with van der Waals surface area (Å²) in [7, 11) is 1.56. The summed E-state index contributed by atoms with van der Waals surface area (Å²) in [4.78, 5) is 16.0. The molecule has 0 saturated heterocycles. The normalized spacial score (nSPS) is 13.7. The van der Waals surface area contributed by atoms with Crippen molar-refractivity contribution in [3.63, 3.8) is 0 Å². The van der Waals surface area contributed by atoms with Crippen molar-refractivity contribution in [2.45, 2.75) is 25.3 Å². The van der Waals surface area contributed by atoms with E-state index in [0.717, 1.165) is 30.5 Å². The van der Waals surface area contributed by atoms with Crippen LogP contribution in [0, 0.1) is 0 Å². The van der Waals surface area contributed by atoms with E-state index in [-0.39, 0.29) is 12.5 Å². The van der Waals surface area contributed by atoms with Crippen LogP contribution in [0.15, 0.2) is 47.5 Å². The number of benzene rings is 2. The molecule has 0 heterocycles. The van der Waals surface area contributed by atoms with Gasteiger partial charge in [0.05, 0.1) is 12.1 Å². The van der Waals surface area contributed by atoms with E-state index in [4.69, 9.17) is 26.8 Å². The SMILES string of the molecule is COc1ccc(NC(N)=NCCc2ccc(OCC(=O)NC3CC3)cc2)cc1Cl. The highest BCUT2D eigenvalue weighted by Gasteiger charge is 2.23. The molecular formula is C21H25ClN4O3. The molecule has 0 radical (unpaired) electrons. The molecule has 4 N–H and O–H groups in total. The minimum atomic E-state index is -0.0768. The zero-order valence-electron chi connectivity index (χ0n) is 16.3. The Morgan fingerprint density at radius 3 is 2.66 bits per heavy atom. The van der Waals surface area contributed by atoms with Crippen LogP contribution in [0.4, 0.5) is 5.69 Å². The smallest absolute Gasteiger partial charge is 0.258 e. The molecule has 3 rings (SSSR count). The fourth-order valence-corrected chi connectivity index (χ4v) is 2.89. The van der Waals surface area contributed by atoms with E-state index >= 15 is 0 Å². The minimum Gasteiger partial charge on any atom is -0.495 e. The van der Waals surface area contributed by atoms with Gasteiger partial charge in [-0.25, -0.2) is 0 Å². The van der Waals surface area contributed by atoms with Crippen LogP contribution in [-0.2, 0) is 11.2 Å². The highest BCUT2D eigenvalue weighted by molar-refractivity contribution is 6.32. The van der Waals surface area contributed by atoms with Crippen LogP contribution in [0.1, 0.15) is 18.4 Å². The summed E-state index contributed by atoms with van der Waals surface area (Å²) < 4.78 is 10.6. The molecule has 0 unspecified atom stereocenters. The van der Waals surface area contributed by atoms with Gasteiger partial charge in [0.15, 0.2) is 12.6 Å². The predicted molar refractivity (Wildman–Crippen MR) is 115 cm³/mol. The molecule has 1 aliphatic rings. The molecule has 0 bridgehead atoms. The first kappa shape index (κ1) is 20.8. The van der Waals surface area contributed by atoms with Gasteiger partial charge < -0.3 is 25.8 Å². The van der Waals surface area contributed by atoms with Crippen LogP contribution in [0.2, 0.25) is 5.02 Å². The minimum absolute atomic E-state index is 0.0394. The van der Waals surface area contributed by atoms with Crippen molar-refractivity contribution in [2.75, 3.05) is 25.6 Å². The number of nitrogens with two attached hydrogens (primary N) is 1. The number of ether oxygens (including phenoxy) is 2. The lowest BCUT2D eigenvalue weighted by molar-refractivity contribution is -0.123. The lowest BCUT2D eigenvalue weighted by Gasteiger charge is -2.09. The number of nitrogens with zero attached hydrogens (tertiary/aromatic N) is 1. The quantitative estimate of drug-likeness (QED) is 0.431. The number of amides is 1. The van der Waals surface area contributed by atoms with Gasteiger partial charge >= 0.3 is 0 Å². The van der Waals surface area contributed by atoms with E-state index in [0.29, 0.717) is 35.1 Å². The highest BCUT2D eigenvalue weighted by atomic mass is 35.5. The first-order valence-electron chi connectivity index (χ1n) is 9.45. The number of carbonyl (C=O) groups is 1. The van der Waals surface area contributed by atoms with Crippen molar-refractivity contribution in [1.29, 1.82) is 0 Å². The maximum atomic E-state index is 11.6. The molecule has 1 amide bonds. The molecule has 1 fully saturated rings. The Kier molecular flexibility index (Phi) is 7.19. The number of guanidine groups is 1. The van der Waals surface area contributed by atoms with Crippen LogP contribution in [0.5, 0.6) is 11.5 Å². The lowest BCUT2D eigenvalue weighted by Crippen LogP contribution is -2.30. The Hall–Kier alpha value is -2.93. The summed E-state index contributed by atoms with van der Waals surface area (Å²) in [5, 5.41) is 6.39. The Bertz CT molecular complexity index is 867. The van der Waals surface area contributed by atoms with Crippen molar-refractivity contribution in [1.82, 2.24) is 5.32 Å². The number of hydrogen-bond acceptors (Lipinski definition) is 4. The average molecular weight is 417 g/mol. The van der Waals surface area contributed by atoms with Gasteiger partial charge in [-0.1, -0.05) is 23.7 Å². The van der Waals surface area contributed by atoms with E-state index in [1.165, 1.54) is 0 Å². The van der Waals surface area contributed by atoms with Crippen LogP contribution in [0.25, 0.3) is 0 Å². The van der Waals surface area contributed by atoms with Gasteiger partial charge in [-0.05, 0) is 55.2 Å². The van der Waals surface area contributed by atoms with Crippen molar-refractivity contribution in [2.24, 2.45) is 10.7 Å². The third kappa shape index (κ3) is 6.87. The monoisotopic (exact) mass is 416 g/mol. The maximum absolute atomic E-state index is 11.6. The standard InChI is InChI=1S/C21H25ClN4O3/c1-28-19-9-6-16(12-18(19)22)26-21(23)24-11-10-14-2-7-17(8-3-14)29-13-20(27)25-15-4-5-15/h2-3,6-9,12,15H,4-5,10-11,13H2,1H3,(H,25,27)(H3,23,24,26). The number of methoxy groups -OCH3 is 1. The molecule has 2 aromatic rings. The second-order valence-corrected chi connectivity index (χ2v) is 7.17. The maximum Gasteiger partial charge on any atom is 0.258 e. The van der Waals surface area contributed by atoms with Crippen LogP contribution in [-0.4, -0.2) is 38.2 Å². The van der Waals surface area contributed by atoms with Crippen LogP contribution < -0.4 is 25.8 Å². The summed E-state index contributed by atoms with van der Waals surface area (Å²) in [6, 6.07) is 13.3. The number of rotatable bonds is 9. The van der Waals surface area contributed by atoms with Gasteiger partial charge in [-0.3, -0.25) is 9.79 Å². The van der Waals surface area contributed by atoms with Crippen LogP contribution >= 0.6 is 11.6 Å². The van der Waals surface area contributed by atoms with E-state index in [1.54, 1.807) is 19.2 Å². The topological polar surface area (TPSA) is 98.0 Å². The van der Waals surface area contributed by atoms with E-state index < -0.39 is 0 Å². The van der Waals surface area contributed by atoms with Gasteiger partial charge in [0.2, 0.25) is 0 Å². The second kappa shape index (κ2) is 10.0. The van der Waals surface area contributed by atoms with E-state index in [2.05, 4.69) is 15.6 Å². The Morgan fingerprint density at radius 1 is 1.24 bits per heavy atom. The van der Waals surface area contributed by atoms with E-state index in [9.17, 15) is 4.79 Å². The summed E-state index contributed by atoms with van der Waals surface area (Å²) in [5.41, 5.74) is 7.77. The van der Waals surface area contributed by atoms with E-state index in [1.807, 2.05) is 30.3 Å². The summed E-state index contributed by atoms with van der Waals surface area (Å²) in [5.74, 6) is 1.50. The Balaban J connectivity index is 1.41. The van der Waals surface area contributed by atoms with Crippen LogP contribution in [0.3, 0.4) is 0 Å². The van der Waals surface area contributed by atoms with Gasteiger partial charge in [-0.15, -0.1) is 0 Å². The van der Waals surface area contributed by atoms with Crippen molar-refractivity contribution < 1.29 is 14.3 Å². The van der Waals surface area contributed by atoms with Gasteiger partial charge in [0, 0.05) is 18.3 Å². The molecule has 1 aliphatic carbocycles. The fraction of sp³-hybridized carbons (Fsp3) is 0.333. The van der Waals surface area contributed by atoms with Gasteiger partial charge in [0.25, 0.3) is 5.91 Å². The van der Waals surface area contributed by atoms with Gasteiger partial charge in [-0.2, -0.15) is 0 Å². The first-order chi connectivity index (χ1) is 14.0. The molecule has 0 aliphatic heterocycles. The number of anilines is 1. The van der Waals surface area contributed by atoms with Crippen molar-refractivity contribution in [3.8, 4) is 11.5 Å². The molecule has 7 nitrogen and oxygen atoms in total. The number of nitrogens with one attached hydrogen (secondary N) is 2. The number of carbonyl (C=O) groups excluding carboxylic acids is 1. The Morgan fingerprint density at radius 2 is 2.00 bits per heavy atom. The summed E-state index contributed by atoms with van der Waals surface area (Å²) in [6.45, 7) is 0.574. The fourth-order valence-electron chi connectivity index (χ4n) is 2.64.